The lowest BCUT2D eigenvalue weighted by molar-refractivity contribution is 0.0306. The summed E-state index contributed by atoms with van der Waals surface area (Å²) >= 11 is 0. The van der Waals surface area contributed by atoms with Gasteiger partial charge in [0.1, 0.15) is 5.60 Å². The summed E-state index contributed by atoms with van der Waals surface area (Å²) < 4.78 is 5.34. The molecule has 5 nitrogen and oxygen atoms in total. The van der Waals surface area contributed by atoms with Gasteiger partial charge in [-0.25, -0.2) is 4.79 Å². The maximum Gasteiger partial charge on any atom is 0.410 e. The van der Waals surface area contributed by atoms with E-state index in [1.165, 1.54) is 0 Å². The van der Waals surface area contributed by atoms with E-state index in [1.54, 1.807) is 11.0 Å². The quantitative estimate of drug-likeness (QED) is 0.899. The molecule has 0 radical (unpaired) electrons. The molecule has 0 unspecified atom stereocenters. The van der Waals surface area contributed by atoms with Crippen molar-refractivity contribution < 1.29 is 14.6 Å². The van der Waals surface area contributed by atoms with Crippen LogP contribution in [0, 0.1) is 0 Å². The number of hydrogen-bond donors (Lipinski definition) is 1. The predicted octanol–water partition coefficient (Wildman–Crippen LogP) is 2.21. The first-order valence-corrected chi connectivity index (χ1v) is 6.63. The Morgan fingerprint density at radius 1 is 1.45 bits per heavy atom. The molecular weight excluding hydrogens is 256 g/mol. The van der Waals surface area contributed by atoms with E-state index in [9.17, 15) is 4.79 Å². The second kappa shape index (κ2) is 5.63. The van der Waals surface area contributed by atoms with Crippen LogP contribution in [0.25, 0.3) is 5.57 Å². The van der Waals surface area contributed by atoms with Gasteiger partial charge >= 0.3 is 6.09 Å². The van der Waals surface area contributed by atoms with Gasteiger partial charge in [0.2, 0.25) is 0 Å². The first kappa shape index (κ1) is 14.5. The molecule has 1 amide bonds. The number of aliphatic hydroxyl groups is 1. The van der Waals surface area contributed by atoms with Gasteiger partial charge in [-0.3, -0.25) is 4.98 Å². The molecule has 0 saturated heterocycles. The molecule has 5 heteroatoms. The topological polar surface area (TPSA) is 62.7 Å². The highest BCUT2D eigenvalue weighted by atomic mass is 16.6. The summed E-state index contributed by atoms with van der Waals surface area (Å²) in [6.45, 7) is 6.47. The number of nitrogens with zero attached hydrogens (tertiary/aromatic N) is 2. The number of rotatable bonds is 2. The van der Waals surface area contributed by atoms with Gasteiger partial charge in [0.05, 0.1) is 24.5 Å². The van der Waals surface area contributed by atoms with Crippen molar-refractivity contribution in [1.29, 1.82) is 0 Å². The van der Waals surface area contributed by atoms with Gasteiger partial charge in [0.15, 0.2) is 0 Å². The Hall–Kier alpha value is -1.88. The number of pyridine rings is 1. The molecular formula is C15H20N2O3. The summed E-state index contributed by atoms with van der Waals surface area (Å²) in [5.74, 6) is 0. The zero-order valence-corrected chi connectivity index (χ0v) is 12.1. The Labute approximate surface area is 118 Å². The maximum absolute atomic E-state index is 12.0. The van der Waals surface area contributed by atoms with Gasteiger partial charge in [-0.2, -0.15) is 0 Å². The lowest BCUT2D eigenvalue weighted by Gasteiger charge is -2.24. The van der Waals surface area contributed by atoms with Crippen LogP contribution in [0.3, 0.4) is 0 Å². The van der Waals surface area contributed by atoms with Crippen LogP contribution in [0.4, 0.5) is 4.79 Å². The Kier molecular flexibility index (Phi) is 4.09. The summed E-state index contributed by atoms with van der Waals surface area (Å²) in [6.07, 6.45) is 1.65. The molecule has 0 aliphatic carbocycles. The van der Waals surface area contributed by atoms with Crippen LogP contribution in [-0.4, -0.2) is 39.8 Å². The Morgan fingerprint density at radius 2 is 2.20 bits per heavy atom. The second-order valence-electron chi connectivity index (χ2n) is 5.76. The Balaban J connectivity index is 2.02. The normalized spacial score (nSPS) is 15.2. The summed E-state index contributed by atoms with van der Waals surface area (Å²) in [7, 11) is 0. The van der Waals surface area contributed by atoms with E-state index < -0.39 is 5.60 Å². The van der Waals surface area contributed by atoms with Crippen LogP contribution in [0.1, 0.15) is 32.2 Å². The molecule has 0 spiro atoms. The van der Waals surface area contributed by atoms with Crippen molar-refractivity contribution in [3.63, 3.8) is 0 Å². The van der Waals surface area contributed by atoms with Crippen LogP contribution >= 0.6 is 0 Å². The fraction of sp³-hybridized carbons (Fsp3) is 0.467. The molecule has 1 aromatic heterocycles. The van der Waals surface area contributed by atoms with Crippen LogP contribution in [0.15, 0.2) is 24.3 Å². The average Bonchev–Trinajstić information content (AvgIpc) is 2.86. The molecule has 1 N–H and O–H groups in total. The van der Waals surface area contributed by atoms with Crippen molar-refractivity contribution in [2.45, 2.75) is 33.0 Å². The minimum absolute atomic E-state index is 0.0864. The monoisotopic (exact) mass is 276 g/mol. The van der Waals surface area contributed by atoms with E-state index in [-0.39, 0.29) is 12.7 Å². The highest BCUT2D eigenvalue weighted by molar-refractivity contribution is 5.76. The van der Waals surface area contributed by atoms with E-state index >= 15 is 0 Å². The zero-order chi connectivity index (χ0) is 14.8. The van der Waals surface area contributed by atoms with E-state index in [2.05, 4.69) is 4.98 Å². The van der Waals surface area contributed by atoms with Gasteiger partial charge in [-0.05, 0) is 38.5 Å². The highest BCUT2D eigenvalue weighted by Crippen LogP contribution is 2.21. The van der Waals surface area contributed by atoms with E-state index in [4.69, 9.17) is 9.84 Å². The number of carbonyl (C=O) groups is 1. The zero-order valence-electron chi connectivity index (χ0n) is 12.1. The van der Waals surface area contributed by atoms with Crippen LogP contribution in [0.2, 0.25) is 0 Å². The number of aliphatic hydroxyl groups excluding tert-OH is 1. The minimum Gasteiger partial charge on any atom is -0.444 e. The molecule has 0 atom stereocenters. The van der Waals surface area contributed by atoms with E-state index in [0.717, 1.165) is 11.3 Å². The lowest BCUT2D eigenvalue weighted by Crippen LogP contribution is -2.35. The summed E-state index contributed by atoms with van der Waals surface area (Å²) in [5.41, 5.74) is 1.91. The number of aromatic nitrogens is 1. The van der Waals surface area contributed by atoms with Crippen molar-refractivity contribution in [2.24, 2.45) is 0 Å². The average molecular weight is 276 g/mol. The molecule has 1 aliphatic heterocycles. The van der Waals surface area contributed by atoms with E-state index in [0.29, 0.717) is 18.8 Å². The number of carbonyl (C=O) groups excluding carboxylic acids is 1. The molecule has 2 heterocycles. The van der Waals surface area contributed by atoms with Crippen molar-refractivity contribution in [2.75, 3.05) is 13.1 Å². The smallest absolute Gasteiger partial charge is 0.410 e. The van der Waals surface area contributed by atoms with Crippen molar-refractivity contribution in [3.8, 4) is 0 Å². The number of hydrogen-bond acceptors (Lipinski definition) is 4. The van der Waals surface area contributed by atoms with Crippen LogP contribution in [0.5, 0.6) is 0 Å². The number of ether oxygens (including phenoxy) is 1. The molecule has 1 aliphatic rings. The second-order valence-corrected chi connectivity index (χ2v) is 5.76. The highest BCUT2D eigenvalue weighted by Gasteiger charge is 2.26. The van der Waals surface area contributed by atoms with Crippen LogP contribution in [-0.2, 0) is 11.3 Å². The Bertz CT molecular complexity index is 532. The first-order chi connectivity index (χ1) is 9.39. The third-order valence-electron chi connectivity index (χ3n) is 2.87. The third kappa shape index (κ3) is 3.57. The summed E-state index contributed by atoms with van der Waals surface area (Å²) in [4.78, 5) is 17.9. The molecule has 0 fully saturated rings. The van der Waals surface area contributed by atoms with Gasteiger partial charge in [-0.15, -0.1) is 0 Å². The van der Waals surface area contributed by atoms with Gasteiger partial charge in [0.25, 0.3) is 0 Å². The molecule has 20 heavy (non-hydrogen) atoms. The summed E-state index contributed by atoms with van der Waals surface area (Å²) in [6, 6.07) is 5.50. The minimum atomic E-state index is -0.491. The molecule has 108 valence electrons. The van der Waals surface area contributed by atoms with Crippen molar-refractivity contribution in [1.82, 2.24) is 9.88 Å². The molecule has 0 bridgehead atoms. The molecule has 0 aromatic carbocycles. The largest absolute Gasteiger partial charge is 0.444 e. The summed E-state index contributed by atoms with van der Waals surface area (Å²) in [5, 5.41) is 9.11. The first-order valence-electron chi connectivity index (χ1n) is 6.63. The standard InChI is InChI=1S/C15H20N2O3/c1-15(2,3)20-14(19)17-8-7-11(9-17)13-6-4-5-12(10-18)16-13/h4-7,18H,8-10H2,1-3H3. The molecule has 1 aromatic rings. The fourth-order valence-electron chi connectivity index (χ4n) is 1.95. The fourth-order valence-corrected chi connectivity index (χ4v) is 1.95. The van der Waals surface area contributed by atoms with Crippen molar-refractivity contribution >= 4 is 11.7 Å². The van der Waals surface area contributed by atoms with E-state index in [1.807, 2.05) is 39.0 Å². The third-order valence-corrected chi connectivity index (χ3v) is 2.87. The maximum atomic E-state index is 12.0. The molecule has 2 rings (SSSR count). The Morgan fingerprint density at radius 3 is 2.85 bits per heavy atom. The predicted molar refractivity (Wildman–Crippen MR) is 75.9 cm³/mol. The lowest BCUT2D eigenvalue weighted by atomic mass is 10.1. The SMILES string of the molecule is CC(C)(C)OC(=O)N1CC=C(c2cccc(CO)n2)C1. The van der Waals surface area contributed by atoms with Gasteiger partial charge in [-0.1, -0.05) is 12.1 Å². The van der Waals surface area contributed by atoms with Crippen LogP contribution < -0.4 is 0 Å². The molecule has 0 saturated carbocycles. The van der Waals surface area contributed by atoms with Crippen molar-refractivity contribution in [3.05, 3.63) is 35.7 Å². The number of amides is 1. The van der Waals surface area contributed by atoms with Gasteiger partial charge in [0, 0.05) is 6.54 Å². The van der Waals surface area contributed by atoms with Gasteiger partial charge < -0.3 is 14.7 Å².